The van der Waals surface area contributed by atoms with Crippen molar-refractivity contribution in [3.8, 4) is 0 Å². The van der Waals surface area contributed by atoms with E-state index in [9.17, 15) is 13.2 Å². The lowest BCUT2D eigenvalue weighted by molar-refractivity contribution is 0.102. The standard InChI is InChI=1S/C23H26N6O3S/c1-14(2)29-22-19(13-25-29)18(12-20(27-22)15-8-9-15)23(30)26-16-5-3-6-17(11-16)33(31,32)28-21-7-4-10-24-21/h3,5-6,11-15H,4,7-10H2,1-2H3,(H,24,28)(H,26,30). The molecular formula is C23H26N6O3S. The number of aromatic nitrogens is 3. The van der Waals surface area contributed by atoms with Crippen molar-refractivity contribution in [1.29, 1.82) is 0 Å². The van der Waals surface area contributed by atoms with Crippen molar-refractivity contribution in [2.75, 3.05) is 11.9 Å². The van der Waals surface area contributed by atoms with Gasteiger partial charge in [-0.2, -0.15) is 5.10 Å². The topological polar surface area (TPSA) is 118 Å². The fraction of sp³-hybridized carbons (Fsp3) is 0.391. The number of hydrogen-bond acceptors (Lipinski definition) is 6. The molecule has 1 aliphatic heterocycles. The van der Waals surface area contributed by atoms with Crippen molar-refractivity contribution < 1.29 is 13.2 Å². The first kappa shape index (κ1) is 21.6. The number of amides is 1. The number of sulfonamides is 1. The van der Waals surface area contributed by atoms with Gasteiger partial charge in [-0.15, -0.1) is 0 Å². The van der Waals surface area contributed by atoms with Gasteiger partial charge in [0.1, 0.15) is 5.84 Å². The number of anilines is 1. The number of amidine groups is 1. The summed E-state index contributed by atoms with van der Waals surface area (Å²) >= 11 is 0. The van der Waals surface area contributed by atoms with E-state index < -0.39 is 10.0 Å². The Hall–Kier alpha value is -3.27. The highest BCUT2D eigenvalue weighted by Crippen LogP contribution is 2.40. The second-order valence-corrected chi connectivity index (χ2v) is 10.5. The van der Waals surface area contributed by atoms with Crippen molar-refractivity contribution in [2.45, 2.75) is 56.4 Å². The maximum atomic E-state index is 13.3. The monoisotopic (exact) mass is 466 g/mol. The molecular weight excluding hydrogens is 440 g/mol. The number of aliphatic imine (C=N–C) groups is 1. The van der Waals surface area contributed by atoms with Crippen LogP contribution in [0.4, 0.5) is 5.69 Å². The Morgan fingerprint density at radius 2 is 2.03 bits per heavy atom. The molecule has 1 saturated carbocycles. The number of carbonyl (C=O) groups excluding carboxylic acids is 1. The summed E-state index contributed by atoms with van der Waals surface area (Å²) in [6.45, 7) is 4.67. The lowest BCUT2D eigenvalue weighted by Gasteiger charge is -2.12. The fourth-order valence-corrected chi connectivity index (χ4v) is 5.10. The van der Waals surface area contributed by atoms with E-state index in [1.807, 2.05) is 24.6 Å². The minimum absolute atomic E-state index is 0.0704. The molecule has 172 valence electrons. The van der Waals surface area contributed by atoms with Crippen LogP contribution in [-0.4, -0.2) is 41.5 Å². The van der Waals surface area contributed by atoms with Gasteiger partial charge < -0.3 is 5.32 Å². The van der Waals surface area contributed by atoms with E-state index in [1.165, 1.54) is 12.1 Å². The molecule has 0 atom stereocenters. The van der Waals surface area contributed by atoms with Gasteiger partial charge >= 0.3 is 0 Å². The number of benzene rings is 1. The van der Waals surface area contributed by atoms with Gasteiger partial charge in [-0.05, 0) is 57.4 Å². The molecule has 0 spiro atoms. The average Bonchev–Trinajstić information content (AvgIpc) is 3.34. The number of rotatable bonds is 6. The maximum absolute atomic E-state index is 13.3. The van der Waals surface area contributed by atoms with Crippen LogP contribution in [-0.2, 0) is 10.0 Å². The highest BCUT2D eigenvalue weighted by atomic mass is 32.2. The Kier molecular flexibility index (Phi) is 5.40. The molecule has 1 fully saturated rings. The van der Waals surface area contributed by atoms with Gasteiger partial charge in [0.25, 0.3) is 15.9 Å². The van der Waals surface area contributed by atoms with Crippen LogP contribution in [0.25, 0.3) is 11.0 Å². The number of nitrogens with one attached hydrogen (secondary N) is 2. The van der Waals surface area contributed by atoms with Gasteiger partial charge in [-0.25, -0.2) is 18.1 Å². The number of pyridine rings is 1. The molecule has 0 radical (unpaired) electrons. The first-order chi connectivity index (χ1) is 15.8. The summed E-state index contributed by atoms with van der Waals surface area (Å²) in [6, 6.07) is 8.17. The van der Waals surface area contributed by atoms with Crippen LogP contribution >= 0.6 is 0 Å². The van der Waals surface area contributed by atoms with Gasteiger partial charge in [0, 0.05) is 36.3 Å². The van der Waals surface area contributed by atoms with Crippen molar-refractivity contribution in [3.63, 3.8) is 0 Å². The molecule has 0 saturated heterocycles. The van der Waals surface area contributed by atoms with E-state index in [0.717, 1.165) is 25.0 Å². The molecule has 33 heavy (non-hydrogen) atoms. The first-order valence-corrected chi connectivity index (χ1v) is 12.7. The first-order valence-electron chi connectivity index (χ1n) is 11.2. The Morgan fingerprint density at radius 3 is 2.73 bits per heavy atom. The number of fused-ring (bicyclic) bond motifs is 1. The molecule has 2 N–H and O–H groups in total. The van der Waals surface area contributed by atoms with E-state index in [1.54, 1.807) is 18.3 Å². The van der Waals surface area contributed by atoms with E-state index in [-0.39, 0.29) is 16.8 Å². The summed E-state index contributed by atoms with van der Waals surface area (Å²) in [7, 11) is -3.77. The Labute approximate surface area is 192 Å². The highest BCUT2D eigenvalue weighted by Gasteiger charge is 2.28. The number of carbonyl (C=O) groups is 1. The van der Waals surface area contributed by atoms with Gasteiger partial charge in [-0.3, -0.25) is 14.5 Å². The average molecular weight is 467 g/mol. The predicted octanol–water partition coefficient (Wildman–Crippen LogP) is 3.61. The second-order valence-electron chi connectivity index (χ2n) is 8.81. The quantitative estimate of drug-likeness (QED) is 0.575. The molecule has 0 bridgehead atoms. The van der Waals surface area contributed by atoms with Crippen LogP contribution in [0.15, 0.2) is 46.4 Å². The molecule has 1 amide bonds. The Balaban J connectivity index is 1.45. The predicted molar refractivity (Wildman–Crippen MR) is 126 cm³/mol. The highest BCUT2D eigenvalue weighted by molar-refractivity contribution is 7.90. The minimum Gasteiger partial charge on any atom is -0.322 e. The van der Waals surface area contributed by atoms with Crippen molar-refractivity contribution in [3.05, 3.63) is 47.8 Å². The molecule has 1 aliphatic carbocycles. The summed E-state index contributed by atoms with van der Waals surface area (Å²) in [6.07, 6.45) is 5.24. The zero-order valence-corrected chi connectivity index (χ0v) is 19.4. The zero-order valence-electron chi connectivity index (χ0n) is 18.6. The number of hydrogen-bond donors (Lipinski definition) is 2. The zero-order chi connectivity index (χ0) is 23.2. The summed E-state index contributed by atoms with van der Waals surface area (Å²) in [5.41, 5.74) is 2.47. The van der Waals surface area contributed by atoms with E-state index in [0.29, 0.717) is 47.0 Å². The molecule has 3 heterocycles. The van der Waals surface area contributed by atoms with Crippen molar-refractivity contribution in [1.82, 2.24) is 19.5 Å². The van der Waals surface area contributed by atoms with Gasteiger partial charge in [-0.1, -0.05) is 6.07 Å². The molecule has 5 rings (SSSR count). The van der Waals surface area contributed by atoms with Crippen LogP contribution < -0.4 is 10.0 Å². The third-order valence-corrected chi connectivity index (χ3v) is 7.22. The molecule has 2 aromatic heterocycles. The molecule has 1 aromatic carbocycles. The van der Waals surface area contributed by atoms with E-state index >= 15 is 0 Å². The summed E-state index contributed by atoms with van der Waals surface area (Å²) in [4.78, 5) is 22.3. The lowest BCUT2D eigenvalue weighted by Crippen LogP contribution is -2.29. The lowest BCUT2D eigenvalue weighted by atomic mass is 10.1. The SMILES string of the molecule is CC(C)n1ncc2c(C(=O)Nc3cccc(S(=O)(=O)NC4=NCCC4)c3)cc(C3CC3)nc21. The summed E-state index contributed by atoms with van der Waals surface area (Å²) < 4.78 is 29.8. The minimum atomic E-state index is -3.77. The summed E-state index contributed by atoms with van der Waals surface area (Å²) in [5, 5.41) is 7.97. The molecule has 9 nitrogen and oxygen atoms in total. The maximum Gasteiger partial charge on any atom is 0.262 e. The molecule has 10 heteroatoms. The second kappa shape index (κ2) is 8.26. The molecule has 0 unspecified atom stereocenters. The van der Waals surface area contributed by atoms with Gasteiger partial charge in [0.15, 0.2) is 5.65 Å². The fourth-order valence-electron chi connectivity index (χ4n) is 3.97. The normalized spacial score (nSPS) is 16.3. The Morgan fingerprint density at radius 1 is 1.21 bits per heavy atom. The number of nitrogens with zero attached hydrogens (tertiary/aromatic N) is 4. The van der Waals surface area contributed by atoms with Gasteiger partial charge in [0.05, 0.1) is 22.0 Å². The van der Waals surface area contributed by atoms with Crippen LogP contribution in [0.5, 0.6) is 0 Å². The van der Waals surface area contributed by atoms with E-state index in [2.05, 4.69) is 20.1 Å². The van der Waals surface area contributed by atoms with Crippen LogP contribution in [0.1, 0.15) is 67.5 Å². The van der Waals surface area contributed by atoms with Crippen LogP contribution in [0.3, 0.4) is 0 Å². The largest absolute Gasteiger partial charge is 0.322 e. The summed E-state index contributed by atoms with van der Waals surface area (Å²) in [5.74, 6) is 0.517. The molecule has 2 aliphatic rings. The van der Waals surface area contributed by atoms with Crippen molar-refractivity contribution in [2.24, 2.45) is 4.99 Å². The van der Waals surface area contributed by atoms with Gasteiger partial charge in [0.2, 0.25) is 0 Å². The van der Waals surface area contributed by atoms with Crippen molar-refractivity contribution >= 4 is 38.5 Å². The van der Waals surface area contributed by atoms with Crippen LogP contribution in [0, 0.1) is 0 Å². The third-order valence-electron chi connectivity index (χ3n) is 5.84. The Bertz CT molecular complexity index is 1370. The third kappa shape index (κ3) is 4.35. The smallest absolute Gasteiger partial charge is 0.262 e. The van der Waals surface area contributed by atoms with E-state index in [4.69, 9.17) is 4.98 Å². The van der Waals surface area contributed by atoms with Crippen LogP contribution in [0.2, 0.25) is 0 Å². The molecule has 3 aromatic rings.